The number of thiazole rings is 1. The molecule has 4 aromatic rings. The lowest BCUT2D eigenvalue weighted by atomic mass is 10.1. The van der Waals surface area contributed by atoms with Gasteiger partial charge in [0.2, 0.25) is 4.80 Å². The summed E-state index contributed by atoms with van der Waals surface area (Å²) in [7, 11) is 0. The molecule has 6 nitrogen and oxygen atoms in total. The van der Waals surface area contributed by atoms with Crippen LogP contribution in [0.1, 0.15) is 11.1 Å². The quantitative estimate of drug-likeness (QED) is 0.169. The summed E-state index contributed by atoms with van der Waals surface area (Å²) in [5.41, 5.74) is 0.234. The number of benzene rings is 3. The van der Waals surface area contributed by atoms with E-state index >= 15 is 0 Å². The van der Waals surface area contributed by atoms with E-state index in [0.717, 1.165) is 23.5 Å². The predicted molar refractivity (Wildman–Crippen MR) is 126 cm³/mol. The van der Waals surface area contributed by atoms with E-state index in [1.807, 2.05) is 0 Å². The van der Waals surface area contributed by atoms with Crippen molar-refractivity contribution in [2.75, 3.05) is 0 Å². The highest BCUT2D eigenvalue weighted by molar-refractivity contribution is 7.07. The maximum Gasteiger partial charge on any atom is 0.416 e. The van der Waals surface area contributed by atoms with Crippen molar-refractivity contribution in [3.63, 3.8) is 0 Å². The SMILES string of the molecule is O=[N+]([O-])c1ccccc1N=c1scc(-c2cccc(C(F)(F)F)c2)n1/N=C/c1ccccc1Cl. The van der Waals surface area contributed by atoms with Crippen LogP contribution >= 0.6 is 22.9 Å². The monoisotopic (exact) mass is 502 g/mol. The minimum Gasteiger partial charge on any atom is -0.258 e. The van der Waals surface area contributed by atoms with Gasteiger partial charge >= 0.3 is 6.18 Å². The molecule has 4 rings (SSSR count). The predicted octanol–water partition coefficient (Wildman–Crippen LogP) is 6.91. The third kappa shape index (κ3) is 5.08. The molecular weight excluding hydrogens is 489 g/mol. The van der Waals surface area contributed by atoms with Crippen molar-refractivity contribution >= 4 is 40.5 Å². The van der Waals surface area contributed by atoms with Gasteiger partial charge in [0.15, 0.2) is 0 Å². The van der Waals surface area contributed by atoms with Crippen LogP contribution in [-0.2, 0) is 6.18 Å². The van der Waals surface area contributed by atoms with Crippen LogP contribution in [0.25, 0.3) is 11.3 Å². The summed E-state index contributed by atoms with van der Waals surface area (Å²) in [6.07, 6.45) is -3.07. The molecule has 0 bridgehead atoms. The molecule has 0 aliphatic heterocycles. The van der Waals surface area contributed by atoms with Crippen LogP contribution in [0, 0.1) is 10.1 Å². The van der Waals surface area contributed by atoms with Crippen LogP contribution in [-0.4, -0.2) is 15.8 Å². The van der Waals surface area contributed by atoms with Crippen molar-refractivity contribution in [2.24, 2.45) is 10.1 Å². The molecule has 0 aliphatic rings. The zero-order valence-corrected chi connectivity index (χ0v) is 18.7. The number of nitro groups is 1. The highest BCUT2D eigenvalue weighted by Crippen LogP contribution is 2.32. The van der Waals surface area contributed by atoms with Gasteiger partial charge in [-0.05, 0) is 24.3 Å². The topological polar surface area (TPSA) is 72.8 Å². The van der Waals surface area contributed by atoms with Crippen LogP contribution in [0.15, 0.2) is 88.3 Å². The molecule has 0 saturated carbocycles. The van der Waals surface area contributed by atoms with E-state index in [9.17, 15) is 23.3 Å². The standard InChI is InChI=1S/C23H14ClF3N4O2S/c24-18-9-2-1-6-16(18)13-28-30-21(15-7-5-8-17(12-15)23(25,26)27)14-34-22(30)29-19-10-3-4-11-20(19)31(32)33/h1-14H/b28-13+,29-22?. The van der Waals surface area contributed by atoms with Crippen molar-refractivity contribution in [2.45, 2.75) is 6.18 Å². The summed E-state index contributed by atoms with van der Waals surface area (Å²) in [5.74, 6) is 0. The van der Waals surface area contributed by atoms with Gasteiger partial charge in [-0.2, -0.15) is 18.3 Å². The average molecular weight is 503 g/mol. The van der Waals surface area contributed by atoms with E-state index in [2.05, 4.69) is 10.1 Å². The molecule has 0 saturated heterocycles. The van der Waals surface area contributed by atoms with E-state index in [1.54, 1.807) is 35.7 Å². The largest absolute Gasteiger partial charge is 0.416 e. The fraction of sp³-hybridized carbons (Fsp3) is 0.0435. The van der Waals surface area contributed by atoms with Gasteiger partial charge in [-0.3, -0.25) is 10.1 Å². The van der Waals surface area contributed by atoms with Gasteiger partial charge in [-0.15, -0.1) is 11.3 Å². The van der Waals surface area contributed by atoms with Crippen LogP contribution in [0.4, 0.5) is 24.5 Å². The van der Waals surface area contributed by atoms with E-state index in [4.69, 9.17) is 11.6 Å². The Bertz CT molecular complexity index is 1460. The smallest absolute Gasteiger partial charge is 0.258 e. The molecule has 34 heavy (non-hydrogen) atoms. The zero-order valence-electron chi connectivity index (χ0n) is 17.1. The minimum absolute atomic E-state index is 0.0895. The maximum atomic E-state index is 13.3. The molecule has 0 radical (unpaired) electrons. The van der Waals surface area contributed by atoms with Gasteiger partial charge < -0.3 is 0 Å². The minimum atomic E-state index is -4.52. The summed E-state index contributed by atoms with van der Waals surface area (Å²) >= 11 is 7.28. The molecule has 0 amide bonds. The number of rotatable bonds is 5. The number of halogens is 4. The first kappa shape index (κ1) is 23.4. The Morgan fingerprint density at radius 3 is 2.50 bits per heavy atom. The van der Waals surface area contributed by atoms with E-state index in [-0.39, 0.29) is 21.7 Å². The number of aromatic nitrogens is 1. The number of hydrogen-bond acceptors (Lipinski definition) is 5. The Morgan fingerprint density at radius 2 is 1.76 bits per heavy atom. The van der Waals surface area contributed by atoms with Gasteiger partial charge in [0.25, 0.3) is 5.69 Å². The number of para-hydroxylation sites is 2. The van der Waals surface area contributed by atoms with E-state index < -0.39 is 16.7 Å². The van der Waals surface area contributed by atoms with Crippen LogP contribution < -0.4 is 4.80 Å². The molecule has 1 heterocycles. The summed E-state index contributed by atoms with van der Waals surface area (Å²) in [6, 6.07) is 17.6. The highest BCUT2D eigenvalue weighted by atomic mass is 35.5. The van der Waals surface area contributed by atoms with Gasteiger partial charge in [0.1, 0.15) is 5.69 Å². The number of nitro benzene ring substituents is 1. The molecule has 0 unspecified atom stereocenters. The Morgan fingerprint density at radius 1 is 1.03 bits per heavy atom. The van der Waals surface area contributed by atoms with E-state index in [0.29, 0.717) is 16.3 Å². The summed E-state index contributed by atoms with van der Waals surface area (Å²) in [5, 5.41) is 17.8. The molecule has 172 valence electrons. The summed E-state index contributed by atoms with van der Waals surface area (Å²) in [4.78, 5) is 15.4. The molecule has 0 aliphatic carbocycles. The summed E-state index contributed by atoms with van der Waals surface area (Å²) in [6.45, 7) is 0. The van der Waals surface area contributed by atoms with Crippen molar-refractivity contribution < 1.29 is 18.1 Å². The number of hydrogen-bond donors (Lipinski definition) is 0. The van der Waals surface area contributed by atoms with Crippen molar-refractivity contribution in [3.8, 4) is 11.3 Å². The van der Waals surface area contributed by atoms with Crippen molar-refractivity contribution in [3.05, 3.63) is 109 Å². The molecule has 0 atom stereocenters. The lowest BCUT2D eigenvalue weighted by Crippen LogP contribution is -2.12. The Labute approximate surface area is 200 Å². The Balaban J connectivity index is 1.92. The van der Waals surface area contributed by atoms with Gasteiger partial charge in [-0.1, -0.05) is 54.1 Å². The molecular formula is C23H14ClF3N4O2S. The number of alkyl halides is 3. The van der Waals surface area contributed by atoms with Gasteiger partial charge in [-0.25, -0.2) is 9.67 Å². The first-order valence-corrected chi connectivity index (χ1v) is 10.9. The second-order valence-corrected chi connectivity index (χ2v) is 8.16. The molecule has 3 aromatic carbocycles. The fourth-order valence-corrected chi connectivity index (χ4v) is 4.09. The third-order valence-electron chi connectivity index (χ3n) is 4.68. The zero-order chi connectivity index (χ0) is 24.3. The first-order valence-electron chi connectivity index (χ1n) is 9.69. The fourth-order valence-electron chi connectivity index (χ4n) is 3.06. The molecule has 0 spiro atoms. The molecule has 11 heteroatoms. The van der Waals surface area contributed by atoms with E-state index in [1.165, 1.54) is 41.2 Å². The van der Waals surface area contributed by atoms with Crippen molar-refractivity contribution in [1.82, 2.24) is 4.68 Å². The third-order valence-corrected chi connectivity index (χ3v) is 5.84. The number of nitrogens with zero attached hydrogens (tertiary/aromatic N) is 4. The average Bonchev–Trinajstić information content (AvgIpc) is 3.20. The molecule has 1 aromatic heterocycles. The van der Waals surface area contributed by atoms with Gasteiger partial charge in [0, 0.05) is 27.6 Å². The Hall–Kier alpha value is -3.76. The molecule has 0 N–H and O–H groups in total. The van der Waals surface area contributed by atoms with Crippen LogP contribution in [0.5, 0.6) is 0 Å². The lowest BCUT2D eigenvalue weighted by Gasteiger charge is -2.09. The highest BCUT2D eigenvalue weighted by Gasteiger charge is 2.30. The second kappa shape index (κ2) is 9.62. The van der Waals surface area contributed by atoms with Crippen LogP contribution in [0.2, 0.25) is 5.02 Å². The lowest BCUT2D eigenvalue weighted by molar-refractivity contribution is -0.384. The normalized spacial score (nSPS) is 12.4. The second-order valence-electron chi connectivity index (χ2n) is 6.92. The molecule has 0 fully saturated rings. The van der Waals surface area contributed by atoms with Crippen molar-refractivity contribution in [1.29, 1.82) is 0 Å². The summed E-state index contributed by atoms with van der Waals surface area (Å²) < 4.78 is 41.2. The van der Waals surface area contributed by atoms with Crippen LogP contribution in [0.3, 0.4) is 0 Å². The maximum absolute atomic E-state index is 13.3. The Kier molecular flexibility index (Phi) is 6.62. The van der Waals surface area contributed by atoms with Gasteiger partial charge in [0.05, 0.1) is 22.4 Å². The first-order chi connectivity index (χ1) is 16.2.